The van der Waals surface area contributed by atoms with Gasteiger partial charge >= 0.3 is 11.9 Å². The molecule has 1 aromatic rings. The van der Waals surface area contributed by atoms with E-state index in [-0.39, 0.29) is 24.4 Å². The highest BCUT2D eigenvalue weighted by atomic mass is 16.6. The van der Waals surface area contributed by atoms with Crippen molar-refractivity contribution in [1.82, 2.24) is 10.5 Å². The molecular formula is C18H24N2O5. The minimum atomic E-state index is -0.854. The standard InChI is InChI=1S/C18H24N2O5/c1-6-24-17(21)12(3)15(13(4)18(22)25-7-2)16(20-23-5)14-10-8-9-11-19-14/h8-11,15-16,20H,3-4,6-7H2,1-2,5H3. The maximum Gasteiger partial charge on any atom is 0.334 e. The molecule has 0 bridgehead atoms. The molecule has 136 valence electrons. The minimum absolute atomic E-state index is 0.0557. The van der Waals surface area contributed by atoms with Crippen LogP contribution in [0.4, 0.5) is 0 Å². The van der Waals surface area contributed by atoms with Crippen LogP contribution >= 0.6 is 0 Å². The monoisotopic (exact) mass is 348 g/mol. The van der Waals surface area contributed by atoms with E-state index >= 15 is 0 Å². The molecule has 0 aromatic carbocycles. The van der Waals surface area contributed by atoms with Crippen molar-refractivity contribution in [3.8, 4) is 0 Å². The highest BCUT2D eigenvalue weighted by molar-refractivity contribution is 5.95. The van der Waals surface area contributed by atoms with Crippen LogP contribution < -0.4 is 5.48 Å². The molecule has 1 aromatic heterocycles. The van der Waals surface area contributed by atoms with E-state index < -0.39 is 23.9 Å². The maximum absolute atomic E-state index is 12.2. The Kier molecular flexibility index (Phi) is 8.52. The van der Waals surface area contributed by atoms with E-state index in [9.17, 15) is 9.59 Å². The van der Waals surface area contributed by atoms with Crippen LogP contribution in [0.1, 0.15) is 25.6 Å². The smallest absolute Gasteiger partial charge is 0.334 e. The lowest BCUT2D eigenvalue weighted by Gasteiger charge is -2.28. The second-order valence-corrected chi connectivity index (χ2v) is 5.02. The Bertz CT molecular complexity index is 585. The summed E-state index contributed by atoms with van der Waals surface area (Å²) in [6, 6.07) is 4.59. The Hall–Kier alpha value is -2.51. The zero-order chi connectivity index (χ0) is 18.8. The van der Waals surface area contributed by atoms with Crippen LogP contribution in [-0.4, -0.2) is 37.2 Å². The first-order valence-corrected chi connectivity index (χ1v) is 7.89. The van der Waals surface area contributed by atoms with E-state index in [0.717, 1.165) is 0 Å². The average molecular weight is 348 g/mol. The molecular weight excluding hydrogens is 324 g/mol. The summed E-state index contributed by atoms with van der Waals surface area (Å²) in [4.78, 5) is 33.7. The molecule has 0 saturated heterocycles. The van der Waals surface area contributed by atoms with Crippen LogP contribution in [0.25, 0.3) is 0 Å². The molecule has 7 nitrogen and oxygen atoms in total. The summed E-state index contributed by atoms with van der Waals surface area (Å²) in [5.41, 5.74) is 3.41. The van der Waals surface area contributed by atoms with Gasteiger partial charge in [-0.2, -0.15) is 5.48 Å². The Morgan fingerprint density at radius 1 is 1.12 bits per heavy atom. The van der Waals surface area contributed by atoms with Crippen molar-refractivity contribution >= 4 is 11.9 Å². The predicted molar refractivity (Wildman–Crippen MR) is 92.2 cm³/mol. The van der Waals surface area contributed by atoms with Gasteiger partial charge in [0.05, 0.1) is 32.1 Å². The molecule has 1 atom stereocenters. The molecule has 0 saturated carbocycles. The molecule has 7 heteroatoms. The number of hydrogen-bond acceptors (Lipinski definition) is 7. The molecule has 0 radical (unpaired) electrons. The number of nitrogens with one attached hydrogen (secondary N) is 1. The van der Waals surface area contributed by atoms with Crippen LogP contribution in [0.15, 0.2) is 48.7 Å². The zero-order valence-corrected chi connectivity index (χ0v) is 14.8. The lowest BCUT2D eigenvalue weighted by atomic mass is 9.84. The third-order valence-corrected chi connectivity index (χ3v) is 3.41. The van der Waals surface area contributed by atoms with Gasteiger partial charge in [-0.3, -0.25) is 4.98 Å². The highest BCUT2D eigenvalue weighted by Crippen LogP contribution is 2.33. The van der Waals surface area contributed by atoms with Gasteiger partial charge in [0.25, 0.3) is 0 Å². The van der Waals surface area contributed by atoms with Crippen molar-refractivity contribution in [3.63, 3.8) is 0 Å². The summed E-state index contributed by atoms with van der Waals surface area (Å²) >= 11 is 0. The maximum atomic E-state index is 12.2. The van der Waals surface area contributed by atoms with Crippen molar-refractivity contribution in [1.29, 1.82) is 0 Å². The first kappa shape index (κ1) is 20.5. The fourth-order valence-corrected chi connectivity index (χ4v) is 2.30. The second kappa shape index (κ2) is 10.4. The molecule has 0 amide bonds. The summed E-state index contributed by atoms with van der Waals surface area (Å²) in [6.07, 6.45) is 1.59. The van der Waals surface area contributed by atoms with Gasteiger partial charge in [0, 0.05) is 23.3 Å². The number of pyridine rings is 1. The Labute approximate surface area is 147 Å². The minimum Gasteiger partial charge on any atom is -0.463 e. The number of hydroxylamine groups is 1. The highest BCUT2D eigenvalue weighted by Gasteiger charge is 2.36. The normalized spacial score (nSPS) is 11.7. The Balaban J connectivity index is 3.30. The number of nitrogens with zero attached hydrogens (tertiary/aromatic N) is 1. The number of carbonyl (C=O) groups is 2. The molecule has 0 aliphatic carbocycles. The van der Waals surface area contributed by atoms with Crippen LogP contribution in [0.3, 0.4) is 0 Å². The number of esters is 2. The summed E-state index contributed by atoms with van der Waals surface area (Å²) in [5, 5.41) is 0. The summed E-state index contributed by atoms with van der Waals surface area (Å²) in [5.74, 6) is -2.11. The van der Waals surface area contributed by atoms with E-state index in [0.29, 0.717) is 5.69 Å². The lowest BCUT2D eigenvalue weighted by Crippen LogP contribution is -2.35. The van der Waals surface area contributed by atoms with Crippen molar-refractivity contribution in [2.24, 2.45) is 5.92 Å². The predicted octanol–water partition coefficient (Wildman–Crippen LogP) is 2.13. The summed E-state index contributed by atoms with van der Waals surface area (Å²) < 4.78 is 10.0. The van der Waals surface area contributed by atoms with Crippen LogP contribution in [0.5, 0.6) is 0 Å². The van der Waals surface area contributed by atoms with Crippen molar-refractivity contribution < 1.29 is 23.9 Å². The molecule has 1 heterocycles. The van der Waals surface area contributed by atoms with Gasteiger partial charge in [0.15, 0.2) is 0 Å². The summed E-state index contributed by atoms with van der Waals surface area (Å²) in [7, 11) is 1.42. The van der Waals surface area contributed by atoms with Gasteiger partial charge in [-0.1, -0.05) is 19.2 Å². The first-order valence-electron chi connectivity index (χ1n) is 7.89. The largest absolute Gasteiger partial charge is 0.463 e. The first-order chi connectivity index (χ1) is 12.0. The SMILES string of the molecule is C=C(C(=O)OCC)C(C(=C)C(=O)OCC)C(NOC)c1ccccn1. The molecule has 1 rings (SSSR count). The lowest BCUT2D eigenvalue weighted by molar-refractivity contribution is -0.140. The number of rotatable bonds is 10. The number of ether oxygens (including phenoxy) is 2. The van der Waals surface area contributed by atoms with Gasteiger partial charge in [-0.25, -0.2) is 9.59 Å². The fraction of sp³-hybridized carbons (Fsp3) is 0.389. The topological polar surface area (TPSA) is 86.8 Å². The molecule has 1 unspecified atom stereocenters. The van der Waals surface area contributed by atoms with Gasteiger partial charge in [-0.15, -0.1) is 0 Å². The van der Waals surface area contributed by atoms with Gasteiger partial charge in [0.2, 0.25) is 0 Å². The van der Waals surface area contributed by atoms with Crippen molar-refractivity contribution in [2.45, 2.75) is 19.9 Å². The van der Waals surface area contributed by atoms with Crippen molar-refractivity contribution in [2.75, 3.05) is 20.3 Å². The van der Waals surface area contributed by atoms with Gasteiger partial charge < -0.3 is 14.3 Å². The quantitative estimate of drug-likeness (QED) is 0.394. The van der Waals surface area contributed by atoms with Crippen LogP contribution in [0.2, 0.25) is 0 Å². The molecule has 0 aliphatic heterocycles. The van der Waals surface area contributed by atoms with Crippen LogP contribution in [0, 0.1) is 5.92 Å². The number of aromatic nitrogens is 1. The average Bonchev–Trinajstić information content (AvgIpc) is 2.62. The molecule has 0 spiro atoms. The van der Waals surface area contributed by atoms with Crippen LogP contribution in [-0.2, 0) is 23.9 Å². The van der Waals surface area contributed by atoms with E-state index in [1.54, 1.807) is 38.2 Å². The number of carbonyl (C=O) groups excluding carboxylic acids is 2. The summed E-state index contributed by atoms with van der Waals surface area (Å²) in [6.45, 7) is 11.3. The Morgan fingerprint density at radius 3 is 2.08 bits per heavy atom. The third-order valence-electron chi connectivity index (χ3n) is 3.41. The molecule has 0 fully saturated rings. The zero-order valence-electron chi connectivity index (χ0n) is 14.8. The van der Waals surface area contributed by atoms with E-state index in [1.165, 1.54) is 7.11 Å². The molecule has 25 heavy (non-hydrogen) atoms. The fourth-order valence-electron chi connectivity index (χ4n) is 2.30. The molecule has 1 N–H and O–H groups in total. The second-order valence-electron chi connectivity index (χ2n) is 5.02. The number of hydrogen-bond donors (Lipinski definition) is 1. The molecule has 0 aliphatic rings. The van der Waals surface area contributed by atoms with E-state index in [2.05, 4.69) is 23.6 Å². The van der Waals surface area contributed by atoms with E-state index in [4.69, 9.17) is 14.3 Å². The van der Waals surface area contributed by atoms with E-state index in [1.807, 2.05) is 0 Å². The third kappa shape index (κ3) is 5.51. The van der Waals surface area contributed by atoms with Crippen molar-refractivity contribution in [3.05, 3.63) is 54.4 Å². The van der Waals surface area contributed by atoms with Gasteiger partial charge in [0.1, 0.15) is 0 Å². The Morgan fingerprint density at radius 2 is 1.68 bits per heavy atom. The van der Waals surface area contributed by atoms with Gasteiger partial charge in [-0.05, 0) is 26.0 Å².